The number of phenolic OH excluding ortho intramolecular Hbond substituents is 1. The smallest absolute Gasteiger partial charge is 0.305 e. The van der Waals surface area contributed by atoms with Crippen LogP contribution < -0.4 is 10.2 Å². The normalized spacial score (nSPS) is 11.0. The topological polar surface area (TPSA) is 97.2 Å². The Labute approximate surface area is 153 Å². The number of ether oxygens (including phenoxy) is 2. The van der Waals surface area contributed by atoms with Gasteiger partial charge >= 0.3 is 5.97 Å². The molecule has 1 aromatic carbocycles. The Morgan fingerprint density at radius 1 is 1.15 bits per heavy atom. The molecule has 0 atom stereocenters. The van der Waals surface area contributed by atoms with Crippen molar-refractivity contribution in [1.82, 2.24) is 5.43 Å². The van der Waals surface area contributed by atoms with Gasteiger partial charge in [-0.3, -0.25) is 9.59 Å². The molecular weight excluding hydrogens is 336 g/mol. The van der Waals surface area contributed by atoms with E-state index in [0.717, 1.165) is 31.2 Å². The van der Waals surface area contributed by atoms with Crippen molar-refractivity contribution in [3.63, 3.8) is 0 Å². The third kappa shape index (κ3) is 8.86. The zero-order chi connectivity index (χ0) is 19.2. The van der Waals surface area contributed by atoms with E-state index in [-0.39, 0.29) is 17.6 Å². The first-order chi connectivity index (χ1) is 12.6. The van der Waals surface area contributed by atoms with Gasteiger partial charge in [0.15, 0.2) is 11.5 Å². The largest absolute Gasteiger partial charge is 0.504 e. The number of nitrogens with one attached hydrogen (secondary N) is 1. The molecule has 0 saturated heterocycles. The Hall–Kier alpha value is -2.83. The van der Waals surface area contributed by atoms with Crippen molar-refractivity contribution < 1.29 is 24.2 Å². The van der Waals surface area contributed by atoms with Gasteiger partial charge in [0.1, 0.15) is 0 Å². The lowest BCUT2D eigenvalue weighted by Gasteiger charge is -2.03. The number of nitrogens with zero attached hydrogens (tertiary/aromatic N) is 1. The van der Waals surface area contributed by atoms with Gasteiger partial charge < -0.3 is 14.6 Å². The molecule has 26 heavy (non-hydrogen) atoms. The number of hydrogen-bond donors (Lipinski definition) is 2. The quantitative estimate of drug-likeness (QED) is 0.273. The van der Waals surface area contributed by atoms with Gasteiger partial charge in [-0.2, -0.15) is 5.10 Å². The zero-order valence-electron chi connectivity index (χ0n) is 15.2. The standard InChI is InChI=1S/C19H26N2O5/c1-25-17-14-15(11-12-16(17)22)8-7-13-20-21-18(23)9-5-3-4-6-10-19(24)26-2/h7-8,11-14,22H,3-6,9-10H2,1-2H3,(H,21,23)/b8-7+,20-13+. The highest BCUT2D eigenvalue weighted by atomic mass is 16.5. The minimum absolute atomic E-state index is 0.0795. The predicted molar refractivity (Wildman–Crippen MR) is 100 cm³/mol. The van der Waals surface area contributed by atoms with Gasteiger partial charge in [0.05, 0.1) is 14.2 Å². The molecule has 1 rings (SSSR count). The second kappa shape index (κ2) is 12.5. The summed E-state index contributed by atoms with van der Waals surface area (Å²) in [4.78, 5) is 22.6. The number of hydrazone groups is 1. The highest BCUT2D eigenvalue weighted by Crippen LogP contribution is 2.26. The summed E-state index contributed by atoms with van der Waals surface area (Å²) in [6, 6.07) is 4.97. The highest BCUT2D eigenvalue weighted by Gasteiger charge is 2.02. The number of amides is 1. The van der Waals surface area contributed by atoms with Crippen LogP contribution in [0.5, 0.6) is 11.5 Å². The summed E-state index contributed by atoms with van der Waals surface area (Å²) in [5.74, 6) is 0.129. The zero-order valence-corrected chi connectivity index (χ0v) is 15.2. The van der Waals surface area contributed by atoms with Crippen LogP contribution in [0.15, 0.2) is 29.4 Å². The number of unbranched alkanes of at least 4 members (excludes halogenated alkanes) is 3. The van der Waals surface area contributed by atoms with Gasteiger partial charge in [-0.15, -0.1) is 0 Å². The van der Waals surface area contributed by atoms with Crippen LogP contribution in [0.3, 0.4) is 0 Å². The number of carbonyl (C=O) groups excluding carboxylic acids is 2. The third-order valence-corrected chi connectivity index (χ3v) is 3.60. The van der Waals surface area contributed by atoms with E-state index in [1.807, 2.05) is 0 Å². The van der Waals surface area contributed by atoms with Crippen LogP contribution in [0.2, 0.25) is 0 Å². The lowest BCUT2D eigenvalue weighted by molar-refractivity contribution is -0.140. The van der Waals surface area contributed by atoms with Crippen LogP contribution in [0.25, 0.3) is 6.08 Å². The first-order valence-electron chi connectivity index (χ1n) is 8.49. The number of rotatable bonds is 11. The van der Waals surface area contributed by atoms with E-state index in [9.17, 15) is 14.7 Å². The summed E-state index contributed by atoms with van der Waals surface area (Å²) in [5, 5.41) is 13.4. The molecule has 0 bridgehead atoms. The molecule has 0 fully saturated rings. The summed E-state index contributed by atoms with van der Waals surface area (Å²) in [6.07, 6.45) is 9.07. The molecule has 0 saturated carbocycles. The van der Waals surface area contributed by atoms with E-state index in [1.54, 1.807) is 30.4 Å². The Morgan fingerprint density at radius 2 is 1.88 bits per heavy atom. The minimum atomic E-state index is -0.198. The molecule has 0 aliphatic rings. The minimum Gasteiger partial charge on any atom is -0.504 e. The summed E-state index contributed by atoms with van der Waals surface area (Å²) >= 11 is 0. The van der Waals surface area contributed by atoms with Crippen molar-refractivity contribution in [2.75, 3.05) is 14.2 Å². The third-order valence-electron chi connectivity index (χ3n) is 3.60. The summed E-state index contributed by atoms with van der Waals surface area (Å²) in [7, 11) is 2.86. The number of benzene rings is 1. The van der Waals surface area contributed by atoms with Crippen LogP contribution in [-0.2, 0) is 14.3 Å². The fraction of sp³-hybridized carbons (Fsp3) is 0.421. The van der Waals surface area contributed by atoms with Crippen LogP contribution >= 0.6 is 0 Å². The molecule has 0 aliphatic heterocycles. The Balaban J connectivity index is 2.19. The number of methoxy groups -OCH3 is 2. The van der Waals surface area contributed by atoms with Gasteiger partial charge in [0.25, 0.3) is 0 Å². The fourth-order valence-electron chi connectivity index (χ4n) is 2.17. The number of carbonyl (C=O) groups is 2. The van der Waals surface area contributed by atoms with E-state index >= 15 is 0 Å². The Kier molecular flexibility index (Phi) is 10.2. The van der Waals surface area contributed by atoms with E-state index in [0.29, 0.717) is 18.6 Å². The monoisotopic (exact) mass is 362 g/mol. The van der Waals surface area contributed by atoms with Crippen LogP contribution in [0.1, 0.15) is 44.1 Å². The molecular formula is C19H26N2O5. The molecule has 7 nitrogen and oxygen atoms in total. The second-order valence-electron chi connectivity index (χ2n) is 5.59. The number of aromatic hydroxyl groups is 1. The van der Waals surface area contributed by atoms with Gasteiger partial charge in [-0.05, 0) is 36.6 Å². The lowest BCUT2D eigenvalue weighted by atomic mass is 10.1. The summed E-state index contributed by atoms with van der Waals surface area (Å²) in [6.45, 7) is 0. The average molecular weight is 362 g/mol. The SMILES string of the molecule is COC(=O)CCCCCCC(=O)N/N=C/C=C/c1ccc(O)c(OC)c1. The second-order valence-corrected chi connectivity index (χ2v) is 5.59. The molecule has 2 N–H and O–H groups in total. The number of phenols is 1. The van der Waals surface area contributed by atoms with Crippen molar-refractivity contribution in [2.24, 2.45) is 5.10 Å². The fourth-order valence-corrected chi connectivity index (χ4v) is 2.17. The number of allylic oxidation sites excluding steroid dienone is 1. The van der Waals surface area contributed by atoms with E-state index < -0.39 is 0 Å². The molecule has 0 aromatic heterocycles. The van der Waals surface area contributed by atoms with Crippen molar-refractivity contribution in [1.29, 1.82) is 0 Å². The average Bonchev–Trinajstić information content (AvgIpc) is 2.65. The van der Waals surface area contributed by atoms with Gasteiger partial charge in [0.2, 0.25) is 5.91 Å². The molecule has 0 aliphatic carbocycles. The van der Waals surface area contributed by atoms with Gasteiger partial charge in [-0.25, -0.2) is 5.43 Å². The summed E-state index contributed by atoms with van der Waals surface area (Å²) in [5.41, 5.74) is 3.30. The maximum Gasteiger partial charge on any atom is 0.305 e. The number of esters is 1. The molecule has 0 spiro atoms. The Morgan fingerprint density at radius 3 is 2.58 bits per heavy atom. The first kappa shape index (κ1) is 21.2. The summed E-state index contributed by atoms with van der Waals surface area (Å²) < 4.78 is 9.59. The lowest BCUT2D eigenvalue weighted by Crippen LogP contribution is -2.16. The first-order valence-corrected chi connectivity index (χ1v) is 8.49. The van der Waals surface area contributed by atoms with Crippen LogP contribution in [0.4, 0.5) is 0 Å². The van der Waals surface area contributed by atoms with Crippen LogP contribution in [0, 0.1) is 0 Å². The van der Waals surface area contributed by atoms with Gasteiger partial charge in [0, 0.05) is 19.1 Å². The molecule has 142 valence electrons. The van der Waals surface area contributed by atoms with Crippen molar-refractivity contribution >= 4 is 24.2 Å². The van der Waals surface area contributed by atoms with Crippen molar-refractivity contribution in [3.8, 4) is 11.5 Å². The van der Waals surface area contributed by atoms with Crippen molar-refractivity contribution in [3.05, 3.63) is 29.8 Å². The van der Waals surface area contributed by atoms with E-state index in [1.165, 1.54) is 20.4 Å². The van der Waals surface area contributed by atoms with E-state index in [2.05, 4.69) is 15.3 Å². The van der Waals surface area contributed by atoms with Gasteiger partial charge in [-0.1, -0.05) is 25.0 Å². The molecule has 7 heteroatoms. The molecule has 0 unspecified atom stereocenters. The number of hydrogen-bond acceptors (Lipinski definition) is 6. The van der Waals surface area contributed by atoms with Crippen LogP contribution in [-0.4, -0.2) is 37.4 Å². The molecule has 1 amide bonds. The maximum absolute atomic E-state index is 11.6. The highest BCUT2D eigenvalue weighted by molar-refractivity contribution is 5.81. The molecule has 1 aromatic rings. The predicted octanol–water partition coefficient (Wildman–Crippen LogP) is 3.03. The molecule has 0 heterocycles. The Bertz CT molecular complexity index is 641. The maximum atomic E-state index is 11.6. The molecule has 0 radical (unpaired) electrons. The van der Waals surface area contributed by atoms with Crippen molar-refractivity contribution in [2.45, 2.75) is 38.5 Å². The van der Waals surface area contributed by atoms with E-state index in [4.69, 9.17) is 4.74 Å².